The highest BCUT2D eigenvalue weighted by Crippen LogP contribution is 2.34. The number of hydrogen-bond acceptors (Lipinski definition) is 2. The van der Waals surface area contributed by atoms with E-state index < -0.39 is 11.7 Å². The lowest BCUT2D eigenvalue weighted by atomic mass is 10.0. The van der Waals surface area contributed by atoms with Crippen LogP contribution in [0.4, 0.5) is 13.2 Å². The quantitative estimate of drug-likeness (QED) is 0.712. The van der Waals surface area contributed by atoms with Gasteiger partial charge in [0.25, 0.3) is 0 Å². The minimum atomic E-state index is -4.32. The lowest BCUT2D eigenvalue weighted by Crippen LogP contribution is -2.22. The van der Waals surface area contributed by atoms with E-state index in [4.69, 9.17) is 0 Å². The van der Waals surface area contributed by atoms with Gasteiger partial charge in [-0.2, -0.15) is 13.2 Å². The molecule has 1 heterocycles. The van der Waals surface area contributed by atoms with Crippen LogP contribution < -0.4 is 5.32 Å². The molecule has 0 bridgehead atoms. The lowest BCUT2D eigenvalue weighted by molar-refractivity contribution is -0.137. The van der Waals surface area contributed by atoms with Crippen molar-refractivity contribution in [2.75, 3.05) is 6.54 Å². The maximum absolute atomic E-state index is 12.9. The Morgan fingerprint density at radius 1 is 1.29 bits per heavy atom. The molecule has 0 radical (unpaired) electrons. The number of halogens is 4. The summed E-state index contributed by atoms with van der Waals surface area (Å²) < 4.78 is 39.5. The zero-order chi connectivity index (χ0) is 15.5. The second-order valence-corrected chi connectivity index (χ2v) is 6.54. The minimum Gasteiger partial charge on any atom is -0.306 e. The zero-order valence-corrected chi connectivity index (χ0v) is 13.8. The summed E-state index contributed by atoms with van der Waals surface area (Å²) in [5.41, 5.74) is 0.0199. The van der Waals surface area contributed by atoms with E-state index >= 15 is 0 Å². The summed E-state index contributed by atoms with van der Waals surface area (Å²) in [6.45, 7) is 2.77. The molecule has 0 saturated heterocycles. The van der Waals surface area contributed by atoms with Crippen molar-refractivity contribution in [3.05, 3.63) is 56.2 Å². The molecule has 0 amide bonds. The fourth-order valence-corrected chi connectivity index (χ4v) is 3.59. The summed E-state index contributed by atoms with van der Waals surface area (Å²) in [7, 11) is 0. The molecule has 0 aliphatic rings. The van der Waals surface area contributed by atoms with Crippen LogP contribution in [0.5, 0.6) is 0 Å². The number of hydrogen-bond donors (Lipinski definition) is 1. The molecule has 1 unspecified atom stereocenters. The molecule has 0 aliphatic carbocycles. The topological polar surface area (TPSA) is 12.0 Å². The Balaban J connectivity index is 2.37. The predicted molar refractivity (Wildman–Crippen MR) is 83.6 cm³/mol. The summed E-state index contributed by atoms with van der Waals surface area (Å²) in [5.74, 6) is 0. The first kappa shape index (κ1) is 16.5. The molecule has 6 heteroatoms. The smallest absolute Gasteiger partial charge is 0.306 e. The molecule has 21 heavy (non-hydrogen) atoms. The van der Waals surface area contributed by atoms with Gasteiger partial charge in [-0.05, 0) is 52.7 Å². The lowest BCUT2D eigenvalue weighted by Gasteiger charge is -2.19. The largest absolute Gasteiger partial charge is 0.416 e. The van der Waals surface area contributed by atoms with Crippen LogP contribution >= 0.6 is 27.3 Å². The van der Waals surface area contributed by atoms with Crippen LogP contribution in [0.25, 0.3) is 0 Å². The van der Waals surface area contributed by atoms with E-state index in [2.05, 4.69) is 21.2 Å². The fourth-order valence-electron chi connectivity index (χ4n) is 2.05. The van der Waals surface area contributed by atoms with Gasteiger partial charge in [0, 0.05) is 14.7 Å². The van der Waals surface area contributed by atoms with Gasteiger partial charge in [0.1, 0.15) is 0 Å². The van der Waals surface area contributed by atoms with Crippen molar-refractivity contribution in [3.63, 3.8) is 0 Å². The Morgan fingerprint density at radius 3 is 2.62 bits per heavy atom. The molecule has 1 aromatic heterocycles. The van der Waals surface area contributed by atoms with E-state index in [0.29, 0.717) is 5.56 Å². The van der Waals surface area contributed by atoms with Gasteiger partial charge in [0.15, 0.2) is 0 Å². The first-order valence-corrected chi connectivity index (χ1v) is 8.23. The van der Waals surface area contributed by atoms with Crippen LogP contribution in [0.1, 0.15) is 35.4 Å². The molecule has 2 rings (SSSR count). The summed E-state index contributed by atoms with van der Waals surface area (Å²) in [6.07, 6.45) is -3.40. The summed E-state index contributed by atoms with van der Waals surface area (Å²) in [5, 5.41) is 5.25. The predicted octanol–water partition coefficient (Wildman–Crippen LogP) is 5.62. The maximum atomic E-state index is 12.9. The summed E-state index contributed by atoms with van der Waals surface area (Å²) in [6, 6.07) is 7.24. The van der Waals surface area contributed by atoms with Crippen molar-refractivity contribution in [2.45, 2.75) is 25.6 Å². The zero-order valence-electron chi connectivity index (χ0n) is 11.4. The monoisotopic (exact) mass is 377 g/mol. The van der Waals surface area contributed by atoms with Crippen molar-refractivity contribution >= 4 is 27.3 Å². The molecule has 114 valence electrons. The van der Waals surface area contributed by atoms with Gasteiger partial charge in [0.05, 0.1) is 11.6 Å². The van der Waals surface area contributed by atoms with Crippen molar-refractivity contribution in [2.24, 2.45) is 0 Å². The molecule has 0 spiro atoms. The Morgan fingerprint density at radius 2 is 2.05 bits per heavy atom. The normalized spacial score (nSPS) is 13.4. The number of benzene rings is 1. The number of nitrogens with one attached hydrogen (secondary N) is 1. The van der Waals surface area contributed by atoms with Crippen LogP contribution in [-0.2, 0) is 6.18 Å². The third kappa shape index (κ3) is 4.31. The van der Waals surface area contributed by atoms with Crippen molar-refractivity contribution < 1.29 is 13.2 Å². The number of thiophene rings is 1. The third-order valence-electron chi connectivity index (χ3n) is 3.02. The molecule has 1 nitrogen and oxygen atoms in total. The van der Waals surface area contributed by atoms with E-state index in [0.717, 1.165) is 28.4 Å². The first-order valence-electron chi connectivity index (χ1n) is 6.56. The standard InChI is InChI=1S/C15H15BrF3NS/c1-2-6-20-14(13-8-12(16)9-21-13)10-4-3-5-11(7-10)15(17,18)19/h3-5,7-9,14,20H,2,6H2,1H3. The highest BCUT2D eigenvalue weighted by atomic mass is 79.9. The second-order valence-electron chi connectivity index (χ2n) is 4.68. The fraction of sp³-hybridized carbons (Fsp3) is 0.333. The third-order valence-corrected chi connectivity index (χ3v) is 4.78. The van der Waals surface area contributed by atoms with Gasteiger partial charge in [-0.1, -0.05) is 19.1 Å². The Kier molecular flexibility index (Phi) is 5.46. The van der Waals surface area contributed by atoms with Crippen molar-refractivity contribution in [1.82, 2.24) is 5.32 Å². The van der Waals surface area contributed by atoms with Crippen LogP contribution in [0.3, 0.4) is 0 Å². The van der Waals surface area contributed by atoms with Crippen LogP contribution in [0.15, 0.2) is 40.2 Å². The Hall–Kier alpha value is -0.850. The molecule has 1 aromatic carbocycles. The van der Waals surface area contributed by atoms with E-state index in [1.807, 2.05) is 18.4 Å². The SMILES string of the molecule is CCCNC(c1cccc(C(F)(F)F)c1)c1cc(Br)cs1. The molecule has 0 aliphatic heterocycles. The average molecular weight is 378 g/mol. The van der Waals surface area contributed by atoms with Gasteiger partial charge in [-0.25, -0.2) is 0 Å². The van der Waals surface area contributed by atoms with E-state index in [1.54, 1.807) is 6.07 Å². The van der Waals surface area contributed by atoms with Crippen molar-refractivity contribution in [1.29, 1.82) is 0 Å². The van der Waals surface area contributed by atoms with Gasteiger partial charge in [-0.15, -0.1) is 11.3 Å². The second kappa shape index (κ2) is 6.94. The molecule has 1 atom stereocenters. The number of rotatable bonds is 5. The summed E-state index contributed by atoms with van der Waals surface area (Å²) in [4.78, 5) is 0.995. The highest BCUT2D eigenvalue weighted by Gasteiger charge is 2.31. The van der Waals surface area contributed by atoms with E-state index in [1.165, 1.54) is 23.5 Å². The molecule has 1 N–H and O–H groups in total. The van der Waals surface area contributed by atoms with Crippen molar-refractivity contribution in [3.8, 4) is 0 Å². The van der Waals surface area contributed by atoms with Crippen LogP contribution in [-0.4, -0.2) is 6.54 Å². The van der Waals surface area contributed by atoms with Gasteiger partial charge >= 0.3 is 6.18 Å². The van der Waals surface area contributed by atoms with Gasteiger partial charge in [0.2, 0.25) is 0 Å². The average Bonchev–Trinajstić information content (AvgIpc) is 2.85. The van der Waals surface area contributed by atoms with E-state index in [-0.39, 0.29) is 6.04 Å². The molecular formula is C15H15BrF3NS. The molecule has 0 saturated carbocycles. The van der Waals surface area contributed by atoms with Gasteiger partial charge in [-0.3, -0.25) is 0 Å². The van der Waals surface area contributed by atoms with Crippen LogP contribution in [0, 0.1) is 0 Å². The molecule has 0 fully saturated rings. The molecule has 2 aromatic rings. The minimum absolute atomic E-state index is 0.219. The summed E-state index contributed by atoms with van der Waals surface area (Å²) >= 11 is 4.92. The highest BCUT2D eigenvalue weighted by molar-refractivity contribution is 9.10. The number of alkyl halides is 3. The van der Waals surface area contributed by atoms with Crippen LogP contribution in [0.2, 0.25) is 0 Å². The first-order chi connectivity index (χ1) is 9.91. The molecular weight excluding hydrogens is 363 g/mol. The maximum Gasteiger partial charge on any atom is 0.416 e. The van der Waals surface area contributed by atoms with E-state index in [9.17, 15) is 13.2 Å². The Bertz CT molecular complexity index is 595. The Labute approximate surface area is 134 Å². The van der Waals surface area contributed by atoms with Gasteiger partial charge < -0.3 is 5.32 Å².